The van der Waals surface area contributed by atoms with Gasteiger partial charge in [-0.3, -0.25) is 4.98 Å². The molecule has 0 spiro atoms. The van der Waals surface area contributed by atoms with Gasteiger partial charge in [-0.1, -0.05) is 6.07 Å². The molecule has 2 heterocycles. The molecule has 0 aromatic carbocycles. The number of aromatic nitrogens is 1. The van der Waals surface area contributed by atoms with Crippen LogP contribution in [0, 0.1) is 5.92 Å². The lowest BCUT2D eigenvalue weighted by Gasteiger charge is -2.34. The summed E-state index contributed by atoms with van der Waals surface area (Å²) in [5, 5.41) is 11.9. The van der Waals surface area contributed by atoms with Crippen molar-refractivity contribution in [2.24, 2.45) is 5.92 Å². The fraction of sp³-hybridized carbons (Fsp3) is 0.571. The maximum Gasteiger partial charge on any atom is 0.414 e. The van der Waals surface area contributed by atoms with Crippen molar-refractivity contribution in [2.75, 3.05) is 13.1 Å². The van der Waals surface area contributed by atoms with Gasteiger partial charge in [0.25, 0.3) is 0 Å². The third-order valence-electron chi connectivity index (χ3n) is 3.78. The number of halogens is 3. The third kappa shape index (κ3) is 4.33. The van der Waals surface area contributed by atoms with Crippen molar-refractivity contribution in [2.45, 2.75) is 31.7 Å². The Labute approximate surface area is 126 Å². The number of hydrogen-bond acceptors (Lipinski definition) is 3. The number of hydrogen-bond donors (Lipinski definition) is 2. The van der Waals surface area contributed by atoms with Crippen molar-refractivity contribution in [1.82, 2.24) is 15.2 Å². The van der Waals surface area contributed by atoms with E-state index >= 15 is 0 Å². The van der Waals surface area contributed by atoms with Crippen LogP contribution in [-0.4, -0.2) is 46.4 Å². The number of nitrogens with one attached hydrogen (secondary N) is 1. The van der Waals surface area contributed by atoms with Gasteiger partial charge in [0.2, 0.25) is 0 Å². The molecule has 5 nitrogen and oxygen atoms in total. The molecule has 122 valence electrons. The summed E-state index contributed by atoms with van der Waals surface area (Å²) in [4.78, 5) is 17.4. The number of likely N-dealkylation sites (tertiary alicyclic amines) is 1. The summed E-state index contributed by atoms with van der Waals surface area (Å²) in [5.41, 5.74) is 0.846. The highest BCUT2D eigenvalue weighted by Crippen LogP contribution is 2.31. The maximum absolute atomic E-state index is 12.4. The molecule has 1 atom stereocenters. The van der Waals surface area contributed by atoms with E-state index in [0.29, 0.717) is 6.54 Å². The van der Waals surface area contributed by atoms with Crippen molar-refractivity contribution >= 4 is 6.03 Å². The van der Waals surface area contributed by atoms with Gasteiger partial charge < -0.3 is 15.3 Å². The van der Waals surface area contributed by atoms with Gasteiger partial charge in [-0.2, -0.15) is 13.2 Å². The Morgan fingerprint density at radius 3 is 2.68 bits per heavy atom. The second-order valence-corrected chi connectivity index (χ2v) is 5.33. The zero-order valence-corrected chi connectivity index (χ0v) is 11.9. The van der Waals surface area contributed by atoms with Crippen LogP contribution in [0.3, 0.4) is 0 Å². The molecule has 0 saturated carbocycles. The molecule has 1 aliphatic rings. The molecule has 1 aromatic rings. The Hall–Kier alpha value is -1.83. The van der Waals surface area contributed by atoms with Gasteiger partial charge in [-0.25, -0.2) is 4.79 Å². The number of aliphatic hydroxyl groups excluding tert-OH is 1. The second-order valence-electron chi connectivity index (χ2n) is 5.33. The van der Waals surface area contributed by atoms with E-state index in [1.165, 1.54) is 4.90 Å². The van der Waals surface area contributed by atoms with Crippen LogP contribution < -0.4 is 5.32 Å². The summed E-state index contributed by atoms with van der Waals surface area (Å²) in [5.74, 6) is -0.845. The predicted molar refractivity (Wildman–Crippen MR) is 72.8 cm³/mol. The molecule has 2 amide bonds. The quantitative estimate of drug-likeness (QED) is 0.895. The van der Waals surface area contributed by atoms with Crippen LogP contribution in [0.15, 0.2) is 24.5 Å². The minimum absolute atomic E-state index is 0.140. The number of amides is 2. The Balaban J connectivity index is 1.78. The lowest BCUT2D eigenvalue weighted by molar-refractivity contribution is -0.222. The topological polar surface area (TPSA) is 65.5 Å². The molecule has 1 aromatic heterocycles. The molecule has 0 unspecified atom stereocenters. The minimum Gasteiger partial charge on any atom is -0.383 e. The average Bonchev–Trinajstić information content (AvgIpc) is 2.52. The molecule has 1 saturated heterocycles. The summed E-state index contributed by atoms with van der Waals surface area (Å²) in [6.07, 6.45) is -3.38. The highest BCUT2D eigenvalue weighted by atomic mass is 19.4. The zero-order chi connectivity index (χ0) is 16.2. The SMILES string of the molecule is O=C(NCc1cccnc1)N1CCC([C@H](O)C(F)(F)F)CC1. The first-order valence-electron chi connectivity index (χ1n) is 7.04. The summed E-state index contributed by atoms with van der Waals surface area (Å²) in [7, 11) is 0. The fourth-order valence-electron chi connectivity index (χ4n) is 2.48. The zero-order valence-electron chi connectivity index (χ0n) is 11.9. The van der Waals surface area contributed by atoms with Crippen molar-refractivity contribution in [3.05, 3.63) is 30.1 Å². The lowest BCUT2D eigenvalue weighted by Crippen LogP contribution is -2.48. The van der Waals surface area contributed by atoms with E-state index in [1.807, 2.05) is 6.07 Å². The summed E-state index contributed by atoms with van der Waals surface area (Å²) in [6.45, 7) is 0.727. The average molecular weight is 317 g/mol. The van der Waals surface area contributed by atoms with E-state index in [4.69, 9.17) is 0 Å². The van der Waals surface area contributed by atoms with E-state index in [2.05, 4.69) is 10.3 Å². The van der Waals surface area contributed by atoms with Gasteiger partial charge in [-0.05, 0) is 30.4 Å². The number of carbonyl (C=O) groups excluding carboxylic acids is 1. The number of urea groups is 1. The van der Waals surface area contributed by atoms with Crippen molar-refractivity contribution < 1.29 is 23.1 Å². The standard InChI is InChI=1S/C14H18F3N3O2/c15-14(16,17)12(21)11-3-6-20(7-4-11)13(22)19-9-10-2-1-5-18-8-10/h1-2,5,8,11-12,21H,3-4,6-7,9H2,(H,19,22)/t12-/m0/s1. The van der Waals surface area contributed by atoms with E-state index < -0.39 is 18.2 Å². The summed E-state index contributed by atoms with van der Waals surface area (Å²) in [6, 6.07) is 3.26. The minimum atomic E-state index is -4.60. The molecular weight excluding hydrogens is 299 g/mol. The third-order valence-corrected chi connectivity index (χ3v) is 3.78. The van der Waals surface area contributed by atoms with Crippen LogP contribution in [0.2, 0.25) is 0 Å². The first-order chi connectivity index (χ1) is 10.4. The van der Waals surface area contributed by atoms with E-state index in [9.17, 15) is 23.1 Å². The molecule has 0 radical (unpaired) electrons. The van der Waals surface area contributed by atoms with Crippen LogP contribution in [0.25, 0.3) is 0 Å². The monoisotopic (exact) mass is 317 g/mol. The number of nitrogens with zero attached hydrogens (tertiary/aromatic N) is 2. The van der Waals surface area contributed by atoms with Crippen molar-refractivity contribution in [1.29, 1.82) is 0 Å². The number of piperidine rings is 1. The van der Waals surface area contributed by atoms with Crippen LogP contribution in [-0.2, 0) is 6.54 Å². The molecule has 2 rings (SSSR count). The number of alkyl halides is 3. The molecule has 2 N–H and O–H groups in total. The first-order valence-corrected chi connectivity index (χ1v) is 7.04. The van der Waals surface area contributed by atoms with Gasteiger partial charge in [-0.15, -0.1) is 0 Å². The van der Waals surface area contributed by atoms with Gasteiger partial charge in [0.1, 0.15) is 0 Å². The maximum atomic E-state index is 12.4. The van der Waals surface area contributed by atoms with Gasteiger partial charge in [0.05, 0.1) is 0 Å². The van der Waals surface area contributed by atoms with Crippen molar-refractivity contribution in [3.63, 3.8) is 0 Å². The van der Waals surface area contributed by atoms with Crippen LogP contribution in [0.1, 0.15) is 18.4 Å². The molecule has 0 bridgehead atoms. The number of aliphatic hydroxyl groups is 1. The number of carbonyl (C=O) groups is 1. The summed E-state index contributed by atoms with van der Waals surface area (Å²) < 4.78 is 37.3. The Bertz CT molecular complexity index is 488. The highest BCUT2D eigenvalue weighted by molar-refractivity contribution is 5.74. The fourth-order valence-corrected chi connectivity index (χ4v) is 2.48. The second kappa shape index (κ2) is 6.95. The van der Waals surface area contributed by atoms with Gasteiger partial charge in [0, 0.05) is 32.0 Å². The number of rotatable bonds is 3. The van der Waals surface area contributed by atoms with Crippen molar-refractivity contribution in [3.8, 4) is 0 Å². The Morgan fingerprint density at radius 1 is 1.45 bits per heavy atom. The van der Waals surface area contributed by atoms with Crippen LogP contribution >= 0.6 is 0 Å². The van der Waals surface area contributed by atoms with E-state index in [-0.39, 0.29) is 32.0 Å². The molecule has 22 heavy (non-hydrogen) atoms. The Kier molecular flexibility index (Phi) is 5.23. The largest absolute Gasteiger partial charge is 0.414 e. The molecular formula is C14H18F3N3O2. The molecule has 8 heteroatoms. The smallest absolute Gasteiger partial charge is 0.383 e. The van der Waals surface area contributed by atoms with Crippen LogP contribution in [0.5, 0.6) is 0 Å². The normalized spacial score (nSPS) is 18.1. The number of pyridine rings is 1. The van der Waals surface area contributed by atoms with Gasteiger partial charge in [0.15, 0.2) is 6.10 Å². The predicted octanol–water partition coefficient (Wildman–Crippen LogP) is 1.93. The van der Waals surface area contributed by atoms with Crippen LogP contribution in [0.4, 0.5) is 18.0 Å². The molecule has 1 fully saturated rings. The molecule has 1 aliphatic heterocycles. The molecule has 0 aliphatic carbocycles. The lowest BCUT2D eigenvalue weighted by atomic mass is 9.91. The van der Waals surface area contributed by atoms with E-state index in [0.717, 1.165) is 5.56 Å². The van der Waals surface area contributed by atoms with Gasteiger partial charge >= 0.3 is 12.2 Å². The summed E-state index contributed by atoms with van der Waals surface area (Å²) >= 11 is 0. The Morgan fingerprint density at radius 2 is 2.14 bits per heavy atom. The first kappa shape index (κ1) is 16.5. The van der Waals surface area contributed by atoms with E-state index in [1.54, 1.807) is 18.5 Å². The highest BCUT2D eigenvalue weighted by Gasteiger charge is 2.44.